The van der Waals surface area contributed by atoms with Crippen molar-refractivity contribution in [2.75, 3.05) is 19.8 Å². The van der Waals surface area contributed by atoms with E-state index in [0.29, 0.717) is 5.69 Å². The molecule has 0 aliphatic rings. The molecule has 0 unspecified atom stereocenters. The molecule has 2 aromatic heterocycles. The zero-order valence-corrected chi connectivity index (χ0v) is 12.2. The summed E-state index contributed by atoms with van der Waals surface area (Å²) >= 11 is 0. The number of carbonyl (C=O) groups is 1. The zero-order valence-electron chi connectivity index (χ0n) is 11.4. The van der Waals surface area contributed by atoms with Crippen LogP contribution < -0.4 is 0 Å². The molecule has 2 rings (SSSR count). The molecule has 112 valence electrons. The Hall–Kier alpha value is -2.13. The van der Waals surface area contributed by atoms with E-state index < -0.39 is 27.4 Å². The molecule has 0 aliphatic heterocycles. The van der Waals surface area contributed by atoms with Gasteiger partial charge in [0, 0.05) is 26.4 Å². The molecule has 0 N–H and O–H groups in total. The minimum atomic E-state index is -3.63. The number of ketones is 1. The molecular weight excluding hydrogens is 299 g/mol. The summed E-state index contributed by atoms with van der Waals surface area (Å²) in [5.74, 6) is -1.77. The SMILES string of the molecule is CN(C)S(=O)(=O)CC(=O)c1cnn(-c2cncc(F)c2)c1. The number of halogens is 1. The van der Waals surface area contributed by atoms with Crippen molar-refractivity contribution in [2.45, 2.75) is 0 Å². The fourth-order valence-corrected chi connectivity index (χ4v) is 2.27. The maximum Gasteiger partial charge on any atom is 0.221 e. The Bertz CT molecular complexity index is 770. The third-order valence-electron chi connectivity index (χ3n) is 2.73. The number of carbonyl (C=O) groups excluding carboxylic acids is 1. The highest BCUT2D eigenvalue weighted by molar-refractivity contribution is 7.89. The smallest absolute Gasteiger partial charge is 0.221 e. The van der Waals surface area contributed by atoms with Crippen LogP contribution in [-0.2, 0) is 10.0 Å². The summed E-state index contributed by atoms with van der Waals surface area (Å²) < 4.78 is 38.6. The van der Waals surface area contributed by atoms with E-state index in [4.69, 9.17) is 0 Å². The Labute approximate surface area is 121 Å². The lowest BCUT2D eigenvalue weighted by atomic mass is 10.3. The molecule has 0 amide bonds. The van der Waals surface area contributed by atoms with Crippen molar-refractivity contribution in [1.82, 2.24) is 19.1 Å². The average molecular weight is 312 g/mol. The van der Waals surface area contributed by atoms with Gasteiger partial charge < -0.3 is 0 Å². The van der Waals surface area contributed by atoms with Gasteiger partial charge in [0.1, 0.15) is 11.6 Å². The van der Waals surface area contributed by atoms with E-state index in [2.05, 4.69) is 10.1 Å². The van der Waals surface area contributed by atoms with E-state index in [9.17, 15) is 17.6 Å². The number of rotatable bonds is 5. The second-order valence-electron chi connectivity index (χ2n) is 4.50. The first-order valence-electron chi connectivity index (χ1n) is 5.88. The molecule has 2 heterocycles. The molecular formula is C12H13FN4O3S. The standard InChI is InChI=1S/C12H13FN4O3S/c1-16(2)21(19,20)8-12(18)9-4-15-17(7-9)11-3-10(13)5-14-6-11/h3-7H,8H2,1-2H3. The number of pyridine rings is 1. The van der Waals surface area contributed by atoms with Gasteiger partial charge in [0.15, 0.2) is 5.78 Å². The summed E-state index contributed by atoms with van der Waals surface area (Å²) in [4.78, 5) is 15.6. The van der Waals surface area contributed by atoms with Crippen molar-refractivity contribution in [2.24, 2.45) is 0 Å². The minimum absolute atomic E-state index is 0.129. The lowest BCUT2D eigenvalue weighted by Gasteiger charge is -2.09. The summed E-state index contributed by atoms with van der Waals surface area (Å²) in [7, 11) is -0.930. The molecule has 0 saturated carbocycles. The monoisotopic (exact) mass is 312 g/mol. The molecule has 0 aliphatic carbocycles. The van der Waals surface area contributed by atoms with Gasteiger partial charge in [-0.1, -0.05) is 0 Å². The molecule has 0 bridgehead atoms. The molecule has 9 heteroatoms. The highest BCUT2D eigenvalue weighted by Gasteiger charge is 2.21. The summed E-state index contributed by atoms with van der Waals surface area (Å²) in [5.41, 5.74) is 0.467. The fourth-order valence-electron chi connectivity index (χ4n) is 1.51. The minimum Gasteiger partial charge on any atom is -0.293 e. The van der Waals surface area contributed by atoms with Gasteiger partial charge in [-0.3, -0.25) is 9.78 Å². The van der Waals surface area contributed by atoms with E-state index in [1.807, 2.05) is 0 Å². The van der Waals surface area contributed by atoms with Gasteiger partial charge in [-0.25, -0.2) is 21.8 Å². The van der Waals surface area contributed by atoms with Crippen LogP contribution in [0.3, 0.4) is 0 Å². The summed E-state index contributed by atoms with van der Waals surface area (Å²) in [5, 5.41) is 3.90. The van der Waals surface area contributed by atoms with Crippen LogP contribution in [0.1, 0.15) is 10.4 Å². The zero-order chi connectivity index (χ0) is 15.6. The van der Waals surface area contributed by atoms with Crippen LogP contribution in [0.15, 0.2) is 30.9 Å². The Kier molecular flexibility index (Phi) is 4.14. The summed E-state index contributed by atoms with van der Waals surface area (Å²) in [6.07, 6.45) is 4.99. The van der Waals surface area contributed by atoms with Crippen LogP contribution in [0, 0.1) is 5.82 Å². The number of sulfonamides is 1. The van der Waals surface area contributed by atoms with E-state index in [0.717, 1.165) is 10.5 Å². The number of nitrogens with zero attached hydrogens (tertiary/aromatic N) is 4. The van der Waals surface area contributed by atoms with Gasteiger partial charge in [0.2, 0.25) is 10.0 Å². The molecule has 0 radical (unpaired) electrons. The Morgan fingerprint density at radius 1 is 1.33 bits per heavy atom. The van der Waals surface area contributed by atoms with Crippen LogP contribution in [0.5, 0.6) is 0 Å². The van der Waals surface area contributed by atoms with Crippen LogP contribution in [0.4, 0.5) is 4.39 Å². The van der Waals surface area contributed by atoms with Crippen LogP contribution in [0.2, 0.25) is 0 Å². The van der Waals surface area contributed by atoms with Crippen molar-refractivity contribution >= 4 is 15.8 Å². The quantitative estimate of drug-likeness (QED) is 0.750. The first-order valence-corrected chi connectivity index (χ1v) is 7.49. The second-order valence-corrected chi connectivity index (χ2v) is 6.68. The fraction of sp³-hybridized carbons (Fsp3) is 0.250. The van der Waals surface area contributed by atoms with Gasteiger partial charge in [-0.15, -0.1) is 0 Å². The van der Waals surface area contributed by atoms with Crippen molar-refractivity contribution in [1.29, 1.82) is 0 Å². The Morgan fingerprint density at radius 2 is 2.05 bits per heavy atom. The lowest BCUT2D eigenvalue weighted by Crippen LogP contribution is -2.29. The van der Waals surface area contributed by atoms with Crippen LogP contribution in [-0.4, -0.2) is 53.1 Å². The topological polar surface area (TPSA) is 85.2 Å². The third-order valence-corrected chi connectivity index (χ3v) is 4.47. The van der Waals surface area contributed by atoms with Gasteiger partial charge >= 0.3 is 0 Å². The number of aromatic nitrogens is 3. The third kappa shape index (κ3) is 3.50. The molecule has 2 aromatic rings. The maximum atomic E-state index is 13.1. The normalized spacial score (nSPS) is 11.8. The molecule has 0 fully saturated rings. The Balaban J connectivity index is 2.22. The van der Waals surface area contributed by atoms with Gasteiger partial charge in [0.25, 0.3) is 0 Å². The Morgan fingerprint density at radius 3 is 2.67 bits per heavy atom. The maximum absolute atomic E-state index is 13.1. The van der Waals surface area contributed by atoms with E-state index in [1.54, 1.807) is 0 Å². The summed E-state index contributed by atoms with van der Waals surface area (Å²) in [6.45, 7) is 0. The highest BCUT2D eigenvalue weighted by atomic mass is 32.2. The molecule has 0 aromatic carbocycles. The second kappa shape index (κ2) is 5.70. The predicted octanol–water partition coefficient (Wildman–Crippen LogP) is 0.481. The number of hydrogen-bond acceptors (Lipinski definition) is 5. The van der Waals surface area contributed by atoms with Crippen molar-refractivity contribution in [3.05, 3.63) is 42.2 Å². The number of hydrogen-bond donors (Lipinski definition) is 0. The van der Waals surface area contributed by atoms with Gasteiger partial charge in [-0.05, 0) is 0 Å². The van der Waals surface area contributed by atoms with E-state index in [-0.39, 0.29) is 5.56 Å². The molecule has 21 heavy (non-hydrogen) atoms. The van der Waals surface area contributed by atoms with Crippen molar-refractivity contribution in [3.63, 3.8) is 0 Å². The van der Waals surface area contributed by atoms with Crippen molar-refractivity contribution in [3.8, 4) is 5.69 Å². The number of Topliss-reactive ketones (excluding diaryl/α,β-unsaturated/α-hetero) is 1. The largest absolute Gasteiger partial charge is 0.293 e. The van der Waals surface area contributed by atoms with Gasteiger partial charge in [0.05, 0.1) is 29.8 Å². The van der Waals surface area contributed by atoms with Crippen LogP contribution >= 0.6 is 0 Å². The summed E-state index contributed by atoms with van der Waals surface area (Å²) in [6, 6.07) is 1.20. The van der Waals surface area contributed by atoms with E-state index in [1.165, 1.54) is 43.4 Å². The molecule has 0 saturated heterocycles. The first kappa shape index (κ1) is 15.3. The van der Waals surface area contributed by atoms with Crippen LogP contribution in [0.25, 0.3) is 5.69 Å². The van der Waals surface area contributed by atoms with Gasteiger partial charge in [-0.2, -0.15) is 5.10 Å². The first-order chi connectivity index (χ1) is 9.79. The molecule has 0 atom stereocenters. The highest BCUT2D eigenvalue weighted by Crippen LogP contribution is 2.10. The van der Waals surface area contributed by atoms with Crippen molar-refractivity contribution < 1.29 is 17.6 Å². The lowest BCUT2D eigenvalue weighted by molar-refractivity contribution is 0.102. The van der Waals surface area contributed by atoms with E-state index >= 15 is 0 Å². The average Bonchev–Trinajstić information content (AvgIpc) is 2.87. The molecule has 7 nitrogen and oxygen atoms in total. The predicted molar refractivity (Wildman–Crippen MR) is 73.1 cm³/mol. The molecule has 0 spiro atoms.